The molecule has 1 heterocycles. The molecule has 1 aliphatic rings. The van der Waals surface area contributed by atoms with Crippen molar-refractivity contribution in [1.82, 2.24) is 5.32 Å². The smallest absolute Gasteiger partial charge is 0.387 e. The average molecular weight is 303 g/mol. The van der Waals surface area contributed by atoms with E-state index in [9.17, 15) is 8.78 Å². The Bertz CT molecular complexity index is 445. The summed E-state index contributed by atoms with van der Waals surface area (Å²) in [6.45, 7) is 1.52. The summed E-state index contributed by atoms with van der Waals surface area (Å²) in [5.41, 5.74) is 1.02. The van der Waals surface area contributed by atoms with Gasteiger partial charge in [0.15, 0.2) is 11.5 Å². The standard InChI is InChI=1S/C14H19F2NO2S/c1-3-10-8-20-13(17-10)9-5-6-11(19-14(15)16)12(7-9)18-4-2/h5-7,10,13-14,17H,3-4,8H2,1-2H3. The van der Waals surface area contributed by atoms with Crippen molar-refractivity contribution in [2.75, 3.05) is 12.4 Å². The molecule has 0 bridgehead atoms. The predicted octanol–water partition coefficient (Wildman–Crippen LogP) is 3.80. The third-order valence-electron chi connectivity index (χ3n) is 3.13. The Morgan fingerprint density at radius 3 is 2.75 bits per heavy atom. The Kier molecular flexibility index (Phi) is 5.48. The molecule has 2 rings (SSSR count). The van der Waals surface area contributed by atoms with Crippen LogP contribution < -0.4 is 14.8 Å². The SMILES string of the molecule is CCOc1cc(C2NC(CC)CS2)ccc1OC(F)F. The van der Waals surface area contributed by atoms with Gasteiger partial charge in [-0.25, -0.2) is 0 Å². The second-order valence-corrected chi connectivity index (χ2v) is 5.64. The topological polar surface area (TPSA) is 30.5 Å². The molecule has 20 heavy (non-hydrogen) atoms. The molecule has 1 N–H and O–H groups in total. The third-order valence-corrected chi connectivity index (χ3v) is 4.47. The lowest BCUT2D eigenvalue weighted by molar-refractivity contribution is -0.0514. The van der Waals surface area contributed by atoms with Crippen molar-refractivity contribution in [2.24, 2.45) is 0 Å². The van der Waals surface area contributed by atoms with E-state index in [2.05, 4.69) is 17.0 Å². The fourth-order valence-electron chi connectivity index (χ4n) is 2.10. The second-order valence-electron chi connectivity index (χ2n) is 4.50. The summed E-state index contributed by atoms with van der Waals surface area (Å²) in [7, 11) is 0. The van der Waals surface area contributed by atoms with Crippen LogP contribution >= 0.6 is 11.8 Å². The van der Waals surface area contributed by atoms with Crippen molar-refractivity contribution in [2.45, 2.75) is 38.3 Å². The summed E-state index contributed by atoms with van der Waals surface area (Å²) in [5.74, 6) is 1.51. The molecule has 1 aromatic carbocycles. The maximum atomic E-state index is 12.3. The summed E-state index contributed by atoms with van der Waals surface area (Å²) in [6.07, 6.45) is 1.08. The van der Waals surface area contributed by atoms with Crippen LogP contribution in [0.5, 0.6) is 11.5 Å². The van der Waals surface area contributed by atoms with E-state index in [-0.39, 0.29) is 11.1 Å². The second kappa shape index (κ2) is 7.13. The molecule has 2 unspecified atom stereocenters. The van der Waals surface area contributed by atoms with Gasteiger partial charge >= 0.3 is 6.61 Å². The van der Waals surface area contributed by atoms with Gasteiger partial charge in [-0.15, -0.1) is 11.8 Å². The molecule has 112 valence electrons. The van der Waals surface area contributed by atoms with Crippen molar-refractivity contribution in [3.63, 3.8) is 0 Å². The lowest BCUT2D eigenvalue weighted by Gasteiger charge is -2.16. The largest absolute Gasteiger partial charge is 0.490 e. The summed E-state index contributed by atoms with van der Waals surface area (Å²) >= 11 is 1.82. The highest BCUT2D eigenvalue weighted by molar-refractivity contribution is 7.99. The molecule has 0 radical (unpaired) electrons. The molecule has 0 aromatic heterocycles. The molecule has 1 aromatic rings. The highest BCUT2D eigenvalue weighted by Gasteiger charge is 2.25. The maximum absolute atomic E-state index is 12.3. The van der Waals surface area contributed by atoms with E-state index >= 15 is 0 Å². The van der Waals surface area contributed by atoms with Gasteiger partial charge in [0.05, 0.1) is 12.0 Å². The molecule has 6 heteroatoms. The zero-order valence-electron chi connectivity index (χ0n) is 11.6. The van der Waals surface area contributed by atoms with Gasteiger partial charge in [0.25, 0.3) is 0 Å². The van der Waals surface area contributed by atoms with Gasteiger partial charge in [0.2, 0.25) is 0 Å². The Labute approximate surface area is 122 Å². The fraction of sp³-hybridized carbons (Fsp3) is 0.571. The van der Waals surface area contributed by atoms with Gasteiger partial charge in [0.1, 0.15) is 0 Å². The molecule has 0 saturated carbocycles. The summed E-state index contributed by atoms with van der Waals surface area (Å²) in [6, 6.07) is 5.64. The van der Waals surface area contributed by atoms with E-state index < -0.39 is 6.61 Å². The molecule has 0 spiro atoms. The number of hydrogen-bond donors (Lipinski definition) is 1. The minimum Gasteiger partial charge on any atom is -0.490 e. The predicted molar refractivity (Wildman–Crippen MR) is 76.7 cm³/mol. The molecule has 0 amide bonds. The molecule has 1 saturated heterocycles. The summed E-state index contributed by atoms with van der Waals surface area (Å²) in [5, 5.41) is 3.69. The summed E-state index contributed by atoms with van der Waals surface area (Å²) in [4.78, 5) is 0. The molecule has 2 atom stereocenters. The van der Waals surface area contributed by atoms with Crippen LogP contribution in [0.3, 0.4) is 0 Å². The first-order chi connectivity index (χ1) is 9.63. The molecule has 1 fully saturated rings. The van der Waals surface area contributed by atoms with Crippen molar-refractivity contribution in [1.29, 1.82) is 0 Å². The zero-order valence-corrected chi connectivity index (χ0v) is 12.4. The molecular weight excluding hydrogens is 284 g/mol. The van der Waals surface area contributed by atoms with E-state index in [1.165, 1.54) is 0 Å². The lowest BCUT2D eigenvalue weighted by atomic mass is 10.1. The molecular formula is C14H19F2NO2S. The quantitative estimate of drug-likeness (QED) is 0.866. The maximum Gasteiger partial charge on any atom is 0.387 e. The number of hydrogen-bond acceptors (Lipinski definition) is 4. The highest BCUT2D eigenvalue weighted by Crippen LogP contribution is 2.38. The van der Waals surface area contributed by atoms with Crippen LogP contribution in [0, 0.1) is 0 Å². The first kappa shape index (κ1) is 15.4. The van der Waals surface area contributed by atoms with E-state index in [0.29, 0.717) is 18.4 Å². The Hall–Kier alpha value is -1.01. The number of ether oxygens (including phenoxy) is 2. The van der Waals surface area contributed by atoms with E-state index in [1.54, 1.807) is 12.1 Å². The van der Waals surface area contributed by atoms with Crippen molar-refractivity contribution in [3.8, 4) is 11.5 Å². The number of halogens is 2. The first-order valence-electron chi connectivity index (χ1n) is 6.73. The Morgan fingerprint density at radius 1 is 1.35 bits per heavy atom. The van der Waals surface area contributed by atoms with Crippen molar-refractivity contribution < 1.29 is 18.3 Å². The molecule has 0 aliphatic carbocycles. The minimum absolute atomic E-state index is 0.0839. The minimum atomic E-state index is -2.84. The summed E-state index contributed by atoms with van der Waals surface area (Å²) < 4.78 is 34.6. The van der Waals surface area contributed by atoms with Crippen LogP contribution in [0.25, 0.3) is 0 Å². The van der Waals surface area contributed by atoms with Gasteiger partial charge in [-0.2, -0.15) is 8.78 Å². The van der Waals surface area contributed by atoms with Crippen LogP contribution in [0.2, 0.25) is 0 Å². The molecule has 3 nitrogen and oxygen atoms in total. The first-order valence-corrected chi connectivity index (χ1v) is 7.78. The van der Waals surface area contributed by atoms with E-state index in [1.807, 2.05) is 24.8 Å². The average Bonchev–Trinajstić information content (AvgIpc) is 2.89. The van der Waals surface area contributed by atoms with Crippen LogP contribution in [0.15, 0.2) is 18.2 Å². The zero-order chi connectivity index (χ0) is 14.5. The highest BCUT2D eigenvalue weighted by atomic mass is 32.2. The van der Waals surface area contributed by atoms with Gasteiger partial charge in [0, 0.05) is 11.8 Å². The lowest BCUT2D eigenvalue weighted by Crippen LogP contribution is -2.24. The van der Waals surface area contributed by atoms with Crippen molar-refractivity contribution >= 4 is 11.8 Å². The molecule has 1 aliphatic heterocycles. The number of thioether (sulfide) groups is 1. The van der Waals surface area contributed by atoms with Gasteiger partial charge < -0.3 is 9.47 Å². The van der Waals surface area contributed by atoms with Crippen LogP contribution in [-0.2, 0) is 0 Å². The van der Waals surface area contributed by atoms with Crippen LogP contribution in [-0.4, -0.2) is 25.0 Å². The normalized spacial score (nSPS) is 22.2. The van der Waals surface area contributed by atoms with Crippen molar-refractivity contribution in [3.05, 3.63) is 23.8 Å². The third kappa shape index (κ3) is 3.76. The number of nitrogens with one attached hydrogen (secondary N) is 1. The van der Waals surface area contributed by atoms with Crippen LogP contribution in [0.4, 0.5) is 8.78 Å². The van der Waals surface area contributed by atoms with Gasteiger partial charge in [-0.3, -0.25) is 5.32 Å². The van der Waals surface area contributed by atoms with E-state index in [4.69, 9.17) is 4.74 Å². The van der Waals surface area contributed by atoms with E-state index in [0.717, 1.165) is 17.7 Å². The number of benzene rings is 1. The monoisotopic (exact) mass is 303 g/mol. The Balaban J connectivity index is 2.16. The fourth-order valence-corrected chi connectivity index (χ4v) is 3.48. The number of rotatable bonds is 6. The number of alkyl halides is 2. The van der Waals surface area contributed by atoms with Crippen LogP contribution in [0.1, 0.15) is 31.2 Å². The van der Waals surface area contributed by atoms with Gasteiger partial charge in [-0.1, -0.05) is 13.0 Å². The van der Waals surface area contributed by atoms with Gasteiger partial charge in [-0.05, 0) is 31.0 Å². The Morgan fingerprint density at radius 2 is 2.15 bits per heavy atom.